The van der Waals surface area contributed by atoms with Gasteiger partial charge in [-0.1, -0.05) is 42.5 Å². The molecule has 7 rings (SSSR count). The normalized spacial score (nSPS) is 13.6. The molecular weight excluding hydrogens is 558 g/mol. The van der Waals surface area contributed by atoms with E-state index in [0.717, 1.165) is 59.7 Å². The number of nitrogens with zero attached hydrogens (tertiary/aromatic N) is 4. The van der Waals surface area contributed by atoms with Gasteiger partial charge in [0.1, 0.15) is 21.3 Å². The summed E-state index contributed by atoms with van der Waals surface area (Å²) in [6.45, 7) is 1.70. The van der Waals surface area contributed by atoms with Crippen LogP contribution in [0.5, 0.6) is 0 Å². The van der Waals surface area contributed by atoms with Crippen molar-refractivity contribution in [2.24, 2.45) is 0 Å². The Kier molecular flexibility index (Phi) is 6.50. The number of carbonyl (C=O) groups excluding carboxylic acids is 1. The molecule has 1 aliphatic rings. The minimum Gasteiger partial charge on any atom is -0.397 e. The van der Waals surface area contributed by atoms with Crippen LogP contribution in [0.15, 0.2) is 77.4 Å². The zero-order valence-electron chi connectivity index (χ0n) is 22.3. The summed E-state index contributed by atoms with van der Waals surface area (Å²) in [4.78, 5) is 20.5. The van der Waals surface area contributed by atoms with Crippen LogP contribution in [0.1, 0.15) is 28.9 Å². The molecule has 1 amide bonds. The second-order valence-electron chi connectivity index (χ2n) is 10.2. The summed E-state index contributed by atoms with van der Waals surface area (Å²) in [5, 5.41) is 11.2. The van der Waals surface area contributed by atoms with Gasteiger partial charge in [0.15, 0.2) is 0 Å². The third-order valence-electron chi connectivity index (χ3n) is 7.51. The number of carbonyl (C=O) groups is 1. The Morgan fingerprint density at radius 2 is 1.79 bits per heavy atom. The molecule has 210 valence electrons. The van der Waals surface area contributed by atoms with Gasteiger partial charge in [-0.15, -0.1) is 11.3 Å². The molecule has 3 aromatic heterocycles. The van der Waals surface area contributed by atoms with Gasteiger partial charge in [-0.05, 0) is 53.8 Å². The molecule has 6 aromatic rings. The Morgan fingerprint density at radius 3 is 2.62 bits per heavy atom. The number of nitrogens with one attached hydrogen (secondary N) is 1. The van der Waals surface area contributed by atoms with E-state index in [0.29, 0.717) is 21.5 Å². The Morgan fingerprint density at radius 1 is 0.976 bits per heavy atom. The van der Waals surface area contributed by atoms with E-state index in [4.69, 9.17) is 15.2 Å². The Hall–Kier alpha value is -4.90. The molecule has 1 fully saturated rings. The van der Waals surface area contributed by atoms with Crippen molar-refractivity contribution in [3.05, 3.63) is 89.4 Å². The number of hydrogen-bond donors (Lipinski definition) is 2. The zero-order valence-corrected chi connectivity index (χ0v) is 23.1. The Balaban J connectivity index is 1.34. The van der Waals surface area contributed by atoms with E-state index in [1.54, 1.807) is 17.1 Å². The van der Waals surface area contributed by atoms with Gasteiger partial charge in [-0.3, -0.25) is 14.6 Å². The number of aromatic nitrogens is 3. The quantitative estimate of drug-likeness (QED) is 0.231. The predicted octanol–water partition coefficient (Wildman–Crippen LogP) is 6.29. The van der Waals surface area contributed by atoms with Crippen LogP contribution in [0.25, 0.3) is 43.4 Å². The van der Waals surface area contributed by atoms with Crippen LogP contribution >= 0.6 is 11.3 Å². The number of rotatable bonds is 5. The predicted molar refractivity (Wildman–Crippen MR) is 159 cm³/mol. The maximum absolute atomic E-state index is 15.2. The number of halogens is 2. The van der Waals surface area contributed by atoms with Crippen molar-refractivity contribution in [2.45, 2.75) is 19.3 Å². The summed E-state index contributed by atoms with van der Waals surface area (Å²) in [5.74, 6) is -1.78. The minimum atomic E-state index is -0.744. The van der Waals surface area contributed by atoms with Gasteiger partial charge in [0.2, 0.25) is 5.27 Å². The molecule has 0 saturated carbocycles. The molecular formula is C31H25F2N6O2S+. The minimum absolute atomic E-state index is 0.145. The van der Waals surface area contributed by atoms with E-state index in [9.17, 15) is 9.18 Å². The van der Waals surface area contributed by atoms with E-state index in [2.05, 4.69) is 10.6 Å². The van der Waals surface area contributed by atoms with Crippen molar-refractivity contribution < 1.29 is 22.9 Å². The molecule has 0 atom stereocenters. The van der Waals surface area contributed by atoms with E-state index in [1.165, 1.54) is 18.6 Å². The standard InChI is InChI=1S/C31H24F2N6O2S/c32-19-11-12-21(24(33)15-19)23-16-25(22-10-6-8-18-7-2-3-9-20(18)22)35-31-27(23)28(34)29(42-31)30(40)36-26-17-39(37-41-26)38-13-4-1-5-14-38/h2-3,6-12,15-17H,1,4-5,13-14H2,(H2-,34,36,37,40)/p+1. The first-order valence-electron chi connectivity index (χ1n) is 13.6. The van der Waals surface area contributed by atoms with Gasteiger partial charge < -0.3 is 5.73 Å². The number of anilines is 2. The van der Waals surface area contributed by atoms with Crippen molar-refractivity contribution in [3.63, 3.8) is 0 Å². The highest BCUT2D eigenvalue weighted by Gasteiger charge is 2.27. The maximum Gasteiger partial charge on any atom is 0.306 e. The molecule has 0 aliphatic carbocycles. The average Bonchev–Trinajstić information content (AvgIpc) is 3.61. The third-order valence-corrected chi connectivity index (χ3v) is 8.60. The van der Waals surface area contributed by atoms with Crippen LogP contribution in [0, 0.1) is 11.6 Å². The first-order valence-corrected chi connectivity index (χ1v) is 14.4. The number of pyridine rings is 1. The lowest BCUT2D eigenvalue weighted by atomic mass is 9.96. The van der Waals surface area contributed by atoms with Crippen molar-refractivity contribution in [2.75, 3.05) is 29.1 Å². The molecule has 3 aromatic carbocycles. The fourth-order valence-electron chi connectivity index (χ4n) is 5.47. The van der Waals surface area contributed by atoms with Crippen molar-refractivity contribution in [1.29, 1.82) is 0 Å². The third kappa shape index (κ3) is 4.61. The van der Waals surface area contributed by atoms with Crippen LogP contribution in [0.4, 0.5) is 20.4 Å². The number of hydrogen-bond acceptors (Lipinski definition) is 7. The Labute approximate surface area is 242 Å². The number of piperidine rings is 1. The van der Waals surface area contributed by atoms with Crippen molar-refractivity contribution in [1.82, 2.24) is 10.3 Å². The molecule has 0 spiro atoms. The fraction of sp³-hybridized carbons (Fsp3) is 0.161. The van der Waals surface area contributed by atoms with E-state index >= 15 is 4.39 Å². The van der Waals surface area contributed by atoms with Gasteiger partial charge in [-0.2, -0.15) is 5.01 Å². The molecule has 8 nitrogen and oxygen atoms in total. The zero-order chi connectivity index (χ0) is 28.8. The average molecular weight is 584 g/mol. The molecule has 0 radical (unpaired) electrons. The second kappa shape index (κ2) is 10.5. The molecule has 1 aliphatic heterocycles. The number of nitrogen functional groups attached to an aromatic ring is 1. The van der Waals surface area contributed by atoms with Crippen LogP contribution < -0.4 is 20.9 Å². The maximum atomic E-state index is 15.2. The highest BCUT2D eigenvalue weighted by Crippen LogP contribution is 2.43. The highest BCUT2D eigenvalue weighted by atomic mass is 32.1. The van der Waals surface area contributed by atoms with Gasteiger partial charge in [-0.25, -0.2) is 13.8 Å². The largest absolute Gasteiger partial charge is 0.397 e. The highest BCUT2D eigenvalue weighted by molar-refractivity contribution is 7.21. The SMILES string of the molecule is Nc1c(C(=O)Nc2c[n+](N3CCCCC3)no2)sc2nc(-c3cccc4ccccc34)cc(-c3ccc(F)cc3F)c12. The molecule has 11 heteroatoms. The monoisotopic (exact) mass is 583 g/mol. The van der Waals surface area contributed by atoms with Crippen LogP contribution in [0.2, 0.25) is 0 Å². The number of thiophene rings is 1. The molecule has 0 unspecified atom stereocenters. The van der Waals surface area contributed by atoms with Crippen LogP contribution in [-0.2, 0) is 0 Å². The Bertz CT molecular complexity index is 1980. The van der Waals surface area contributed by atoms with E-state index < -0.39 is 17.5 Å². The number of fused-ring (bicyclic) bond motifs is 2. The summed E-state index contributed by atoms with van der Waals surface area (Å²) in [7, 11) is 0. The number of benzene rings is 3. The van der Waals surface area contributed by atoms with E-state index in [1.807, 2.05) is 47.5 Å². The summed E-state index contributed by atoms with van der Waals surface area (Å²) in [6.07, 6.45) is 4.90. The molecule has 42 heavy (non-hydrogen) atoms. The van der Waals surface area contributed by atoms with Gasteiger partial charge in [0, 0.05) is 22.6 Å². The molecule has 0 bridgehead atoms. The summed E-state index contributed by atoms with van der Waals surface area (Å²) < 4.78 is 34.4. The second-order valence-corrected chi connectivity index (χ2v) is 11.2. The fourth-order valence-corrected chi connectivity index (χ4v) is 6.49. The molecule has 4 heterocycles. The van der Waals surface area contributed by atoms with Crippen LogP contribution in [-0.4, -0.2) is 29.3 Å². The lowest BCUT2D eigenvalue weighted by Crippen LogP contribution is -2.60. The summed E-state index contributed by atoms with van der Waals surface area (Å²) in [6, 6.07) is 18.9. The lowest BCUT2D eigenvalue weighted by molar-refractivity contribution is -0.759. The molecule has 3 N–H and O–H groups in total. The van der Waals surface area contributed by atoms with Gasteiger partial charge in [0.25, 0.3) is 12.1 Å². The number of nitrogens with two attached hydrogens (primary N) is 1. The van der Waals surface area contributed by atoms with Crippen molar-refractivity contribution in [3.8, 4) is 22.4 Å². The number of amides is 1. The summed E-state index contributed by atoms with van der Waals surface area (Å²) >= 11 is 1.09. The van der Waals surface area contributed by atoms with E-state index in [-0.39, 0.29) is 22.0 Å². The summed E-state index contributed by atoms with van der Waals surface area (Å²) in [5.41, 5.74) is 8.68. The van der Waals surface area contributed by atoms with Gasteiger partial charge in [0.05, 0.1) is 29.3 Å². The van der Waals surface area contributed by atoms with Crippen molar-refractivity contribution >= 4 is 49.8 Å². The topological polar surface area (TPSA) is 101 Å². The molecule has 1 saturated heterocycles. The van der Waals surface area contributed by atoms with Gasteiger partial charge >= 0.3 is 5.88 Å². The first-order chi connectivity index (χ1) is 20.5. The lowest BCUT2D eigenvalue weighted by Gasteiger charge is -2.17. The van der Waals surface area contributed by atoms with Crippen LogP contribution in [0.3, 0.4) is 0 Å². The smallest absolute Gasteiger partial charge is 0.306 e. The first kappa shape index (κ1) is 26.0.